The van der Waals surface area contributed by atoms with Crippen LogP contribution in [0.1, 0.15) is 44.4 Å². The van der Waals surface area contributed by atoms with Crippen LogP contribution < -0.4 is 5.73 Å². The Balaban J connectivity index is 1.72. The molecule has 3 nitrogen and oxygen atoms in total. The second-order valence-corrected chi connectivity index (χ2v) is 5.82. The zero-order chi connectivity index (χ0) is 13.9. The second-order valence-electron chi connectivity index (χ2n) is 5.82. The molecule has 0 amide bonds. The zero-order valence-corrected chi connectivity index (χ0v) is 12.2. The van der Waals surface area contributed by atoms with Gasteiger partial charge in [-0.3, -0.25) is 4.90 Å². The summed E-state index contributed by atoms with van der Waals surface area (Å²) in [5, 5.41) is 1.14. The van der Waals surface area contributed by atoms with Crippen LogP contribution in [0.5, 0.6) is 0 Å². The van der Waals surface area contributed by atoms with Crippen LogP contribution in [0.15, 0.2) is 34.7 Å². The normalized spacial score (nSPS) is 18.1. The largest absolute Gasteiger partial charge is 0.459 e. The van der Waals surface area contributed by atoms with Crippen LogP contribution in [0.3, 0.4) is 0 Å². The minimum atomic E-state index is -0.0389. The lowest BCUT2D eigenvalue weighted by Gasteiger charge is -2.29. The van der Waals surface area contributed by atoms with E-state index in [1.807, 2.05) is 18.2 Å². The first kappa shape index (κ1) is 13.7. The van der Waals surface area contributed by atoms with Crippen molar-refractivity contribution in [1.82, 2.24) is 4.90 Å². The number of hydrogen-bond donors (Lipinski definition) is 1. The Labute approximate surface area is 120 Å². The predicted molar refractivity (Wildman–Crippen MR) is 82.6 cm³/mol. The van der Waals surface area contributed by atoms with Gasteiger partial charge in [-0.1, -0.05) is 38.0 Å². The fourth-order valence-electron chi connectivity index (χ4n) is 3.33. The van der Waals surface area contributed by atoms with E-state index in [1.165, 1.54) is 25.7 Å². The number of furan rings is 1. The SMILES string of the molecule is CCN(CC(N)c1cc2ccccc2o1)C1CCCC1. The van der Waals surface area contributed by atoms with Crippen molar-refractivity contribution < 1.29 is 4.42 Å². The van der Waals surface area contributed by atoms with E-state index in [-0.39, 0.29) is 6.04 Å². The Morgan fingerprint density at radius 2 is 2.05 bits per heavy atom. The van der Waals surface area contributed by atoms with Gasteiger partial charge < -0.3 is 10.2 Å². The van der Waals surface area contributed by atoms with E-state index in [2.05, 4.69) is 24.0 Å². The molecule has 1 heterocycles. The van der Waals surface area contributed by atoms with Crippen molar-refractivity contribution in [2.75, 3.05) is 13.1 Å². The molecule has 0 spiro atoms. The van der Waals surface area contributed by atoms with Gasteiger partial charge in [0.05, 0.1) is 6.04 Å². The average Bonchev–Trinajstić information content (AvgIpc) is 3.13. The van der Waals surface area contributed by atoms with Crippen molar-refractivity contribution >= 4 is 11.0 Å². The summed E-state index contributed by atoms with van der Waals surface area (Å²) >= 11 is 0. The van der Waals surface area contributed by atoms with E-state index in [9.17, 15) is 0 Å². The van der Waals surface area contributed by atoms with Gasteiger partial charge >= 0.3 is 0 Å². The van der Waals surface area contributed by atoms with Gasteiger partial charge in [0.25, 0.3) is 0 Å². The van der Waals surface area contributed by atoms with Crippen molar-refractivity contribution in [2.24, 2.45) is 5.73 Å². The van der Waals surface area contributed by atoms with Crippen LogP contribution in [-0.2, 0) is 0 Å². The molecule has 2 N–H and O–H groups in total. The topological polar surface area (TPSA) is 42.4 Å². The summed E-state index contributed by atoms with van der Waals surface area (Å²) in [7, 11) is 0. The van der Waals surface area contributed by atoms with Gasteiger partial charge in [-0.05, 0) is 31.5 Å². The summed E-state index contributed by atoms with van der Waals surface area (Å²) in [5.41, 5.74) is 7.30. The van der Waals surface area contributed by atoms with Crippen LogP contribution in [0.4, 0.5) is 0 Å². The number of benzene rings is 1. The third-order valence-electron chi connectivity index (χ3n) is 4.49. The van der Waals surface area contributed by atoms with Crippen LogP contribution in [0.2, 0.25) is 0 Å². The number of fused-ring (bicyclic) bond motifs is 1. The molecule has 0 bridgehead atoms. The van der Waals surface area contributed by atoms with Gasteiger partial charge in [0.1, 0.15) is 11.3 Å². The summed E-state index contributed by atoms with van der Waals surface area (Å²) in [4.78, 5) is 2.52. The van der Waals surface area contributed by atoms with E-state index in [0.29, 0.717) is 0 Å². The molecule has 1 atom stereocenters. The highest BCUT2D eigenvalue weighted by Gasteiger charge is 2.24. The zero-order valence-electron chi connectivity index (χ0n) is 12.2. The lowest BCUT2D eigenvalue weighted by Crippen LogP contribution is -2.38. The molecule has 1 unspecified atom stereocenters. The second kappa shape index (κ2) is 5.98. The summed E-state index contributed by atoms with van der Waals surface area (Å²) in [6.45, 7) is 4.18. The molecule has 1 fully saturated rings. The Morgan fingerprint density at radius 1 is 1.30 bits per heavy atom. The first-order chi connectivity index (χ1) is 9.78. The minimum absolute atomic E-state index is 0.0389. The minimum Gasteiger partial charge on any atom is -0.459 e. The number of nitrogens with two attached hydrogens (primary N) is 1. The van der Waals surface area contributed by atoms with E-state index in [4.69, 9.17) is 10.2 Å². The Kier molecular flexibility index (Phi) is 4.08. The number of likely N-dealkylation sites (N-methyl/N-ethyl adjacent to an activating group) is 1. The molecule has 1 aliphatic rings. The molecule has 108 valence electrons. The lowest BCUT2D eigenvalue weighted by atomic mass is 10.1. The summed E-state index contributed by atoms with van der Waals surface area (Å²) in [6, 6.07) is 10.9. The first-order valence-corrected chi connectivity index (χ1v) is 7.76. The third-order valence-corrected chi connectivity index (χ3v) is 4.49. The quantitative estimate of drug-likeness (QED) is 0.902. The number of nitrogens with zero attached hydrogens (tertiary/aromatic N) is 1. The maximum Gasteiger partial charge on any atom is 0.134 e. The van der Waals surface area contributed by atoms with Gasteiger partial charge in [0.2, 0.25) is 0 Å². The van der Waals surface area contributed by atoms with Gasteiger partial charge in [-0.15, -0.1) is 0 Å². The van der Waals surface area contributed by atoms with E-state index in [1.54, 1.807) is 0 Å². The van der Waals surface area contributed by atoms with Crippen molar-refractivity contribution in [2.45, 2.75) is 44.7 Å². The molecule has 1 aliphatic carbocycles. The van der Waals surface area contributed by atoms with Crippen LogP contribution in [0, 0.1) is 0 Å². The summed E-state index contributed by atoms with van der Waals surface area (Å²) < 4.78 is 5.89. The monoisotopic (exact) mass is 272 g/mol. The highest BCUT2D eigenvalue weighted by atomic mass is 16.3. The van der Waals surface area contributed by atoms with E-state index in [0.717, 1.165) is 35.9 Å². The molecule has 1 aromatic carbocycles. The highest BCUT2D eigenvalue weighted by molar-refractivity contribution is 5.77. The Bertz CT molecular complexity index is 524. The summed E-state index contributed by atoms with van der Waals surface area (Å²) in [6.07, 6.45) is 5.36. The molecule has 1 aromatic heterocycles. The van der Waals surface area contributed by atoms with E-state index >= 15 is 0 Å². The van der Waals surface area contributed by atoms with Crippen molar-refractivity contribution in [1.29, 1.82) is 0 Å². The standard InChI is InChI=1S/C17H24N2O/c1-2-19(14-8-4-5-9-14)12-15(18)17-11-13-7-3-6-10-16(13)20-17/h3,6-7,10-11,14-15H,2,4-5,8-9,12,18H2,1H3. The Morgan fingerprint density at radius 3 is 2.75 bits per heavy atom. The molecule has 3 heteroatoms. The predicted octanol–water partition coefficient (Wildman–Crippen LogP) is 3.70. The molecule has 0 saturated heterocycles. The molecule has 0 radical (unpaired) electrons. The van der Waals surface area contributed by atoms with Gasteiger partial charge in [0, 0.05) is 18.0 Å². The van der Waals surface area contributed by atoms with Crippen LogP contribution in [0.25, 0.3) is 11.0 Å². The maximum absolute atomic E-state index is 6.37. The highest BCUT2D eigenvalue weighted by Crippen LogP contribution is 2.27. The third kappa shape index (κ3) is 2.74. The smallest absolute Gasteiger partial charge is 0.134 e. The molecular weight excluding hydrogens is 248 g/mol. The van der Waals surface area contributed by atoms with Gasteiger partial charge in [-0.25, -0.2) is 0 Å². The molecule has 20 heavy (non-hydrogen) atoms. The number of para-hydroxylation sites is 1. The van der Waals surface area contributed by atoms with Crippen LogP contribution in [-0.4, -0.2) is 24.0 Å². The molecule has 0 aliphatic heterocycles. The van der Waals surface area contributed by atoms with Crippen molar-refractivity contribution in [3.8, 4) is 0 Å². The van der Waals surface area contributed by atoms with Gasteiger partial charge in [0.15, 0.2) is 0 Å². The van der Waals surface area contributed by atoms with Crippen LogP contribution >= 0.6 is 0 Å². The number of rotatable bonds is 5. The number of hydrogen-bond acceptors (Lipinski definition) is 3. The van der Waals surface area contributed by atoms with Crippen molar-refractivity contribution in [3.63, 3.8) is 0 Å². The Hall–Kier alpha value is -1.32. The molecule has 1 saturated carbocycles. The first-order valence-electron chi connectivity index (χ1n) is 7.76. The molecule has 2 aromatic rings. The molecular formula is C17H24N2O. The molecule has 3 rings (SSSR count). The lowest BCUT2D eigenvalue weighted by molar-refractivity contribution is 0.191. The van der Waals surface area contributed by atoms with Crippen molar-refractivity contribution in [3.05, 3.63) is 36.1 Å². The summed E-state index contributed by atoms with van der Waals surface area (Å²) in [5.74, 6) is 0.905. The fourth-order valence-corrected chi connectivity index (χ4v) is 3.33. The fraction of sp³-hybridized carbons (Fsp3) is 0.529. The average molecular weight is 272 g/mol. The maximum atomic E-state index is 6.37. The van der Waals surface area contributed by atoms with Gasteiger partial charge in [-0.2, -0.15) is 0 Å². The van der Waals surface area contributed by atoms with E-state index < -0.39 is 0 Å².